The van der Waals surface area contributed by atoms with Gasteiger partial charge < -0.3 is 5.32 Å². The van der Waals surface area contributed by atoms with E-state index in [2.05, 4.69) is 5.32 Å². The molecule has 2 aromatic rings. The molecule has 6 heteroatoms. The van der Waals surface area contributed by atoms with Gasteiger partial charge in [0.15, 0.2) is 0 Å². The van der Waals surface area contributed by atoms with Crippen LogP contribution >= 0.6 is 11.6 Å². The predicted octanol–water partition coefficient (Wildman–Crippen LogP) is 3.30. The third-order valence-electron chi connectivity index (χ3n) is 3.08. The number of halogens is 1. The summed E-state index contributed by atoms with van der Waals surface area (Å²) in [5, 5.41) is 9.06. The zero-order valence-electron chi connectivity index (χ0n) is 11.6. The molecule has 0 aromatic heterocycles. The van der Waals surface area contributed by atoms with Crippen molar-refractivity contribution in [1.82, 2.24) is 0 Å². The van der Waals surface area contributed by atoms with Gasteiger partial charge in [0.1, 0.15) is 0 Å². The second kappa shape index (κ2) is 6.47. The van der Waals surface area contributed by atoms with Crippen LogP contribution in [0.15, 0.2) is 48.5 Å². The van der Waals surface area contributed by atoms with Crippen molar-refractivity contribution in [3.05, 3.63) is 64.7 Å². The molecule has 0 bridgehead atoms. The fourth-order valence-electron chi connectivity index (χ4n) is 2.08. The number of primary sulfonamides is 1. The summed E-state index contributed by atoms with van der Waals surface area (Å²) < 4.78 is 22.1. The second-order valence-corrected chi connectivity index (χ2v) is 6.91. The molecular weight excluding hydrogens is 308 g/mol. The fraction of sp³-hybridized carbons (Fsp3) is 0.200. The monoisotopic (exact) mass is 324 g/mol. The van der Waals surface area contributed by atoms with Gasteiger partial charge in [-0.25, -0.2) is 13.6 Å². The molecule has 2 rings (SSSR count). The molecular formula is C15H17ClN2O2S. The molecule has 0 fully saturated rings. The van der Waals surface area contributed by atoms with E-state index in [9.17, 15) is 8.42 Å². The Hall–Kier alpha value is -1.56. The van der Waals surface area contributed by atoms with Crippen molar-refractivity contribution in [2.24, 2.45) is 5.14 Å². The van der Waals surface area contributed by atoms with Gasteiger partial charge in [0.2, 0.25) is 10.0 Å². The van der Waals surface area contributed by atoms with Gasteiger partial charge >= 0.3 is 0 Å². The molecule has 0 radical (unpaired) electrons. The summed E-state index contributed by atoms with van der Waals surface area (Å²) in [4.78, 5) is 0. The first-order valence-electron chi connectivity index (χ1n) is 6.45. The van der Waals surface area contributed by atoms with Gasteiger partial charge in [-0.1, -0.05) is 41.9 Å². The standard InChI is InChI=1S/C15H17ClN2O2S/c1-11(14-4-2-3-5-15(14)16)18-13-8-6-12(7-9-13)10-21(17,19)20/h2-9,11,18H,10H2,1H3,(H2,17,19,20). The Labute approximate surface area is 130 Å². The van der Waals surface area contributed by atoms with Crippen LogP contribution in [-0.4, -0.2) is 8.42 Å². The molecule has 1 unspecified atom stereocenters. The lowest BCUT2D eigenvalue weighted by Crippen LogP contribution is -2.14. The zero-order valence-corrected chi connectivity index (χ0v) is 13.2. The average molecular weight is 325 g/mol. The Kier molecular flexibility index (Phi) is 4.88. The summed E-state index contributed by atoms with van der Waals surface area (Å²) in [5.74, 6) is -0.159. The number of benzene rings is 2. The summed E-state index contributed by atoms with van der Waals surface area (Å²) in [6.45, 7) is 2.01. The lowest BCUT2D eigenvalue weighted by Gasteiger charge is -2.17. The number of rotatable bonds is 5. The van der Waals surface area contributed by atoms with Crippen LogP contribution in [0.4, 0.5) is 5.69 Å². The van der Waals surface area contributed by atoms with Crippen molar-refractivity contribution >= 4 is 27.3 Å². The van der Waals surface area contributed by atoms with E-state index < -0.39 is 10.0 Å². The highest BCUT2D eigenvalue weighted by molar-refractivity contribution is 7.88. The van der Waals surface area contributed by atoms with E-state index in [1.54, 1.807) is 12.1 Å². The molecule has 0 heterocycles. The molecule has 112 valence electrons. The average Bonchev–Trinajstić information content (AvgIpc) is 2.40. The second-order valence-electron chi connectivity index (χ2n) is 4.89. The number of nitrogens with one attached hydrogen (secondary N) is 1. The normalized spacial score (nSPS) is 12.9. The van der Waals surface area contributed by atoms with Gasteiger partial charge in [-0.15, -0.1) is 0 Å². The Morgan fingerprint density at radius 2 is 1.76 bits per heavy atom. The van der Waals surface area contributed by atoms with Gasteiger partial charge in [-0.3, -0.25) is 0 Å². The molecule has 21 heavy (non-hydrogen) atoms. The maximum atomic E-state index is 11.0. The highest BCUT2D eigenvalue weighted by atomic mass is 35.5. The molecule has 1 atom stereocenters. The predicted molar refractivity (Wildman–Crippen MR) is 86.7 cm³/mol. The lowest BCUT2D eigenvalue weighted by atomic mass is 10.1. The van der Waals surface area contributed by atoms with Crippen molar-refractivity contribution in [3.63, 3.8) is 0 Å². The third-order valence-corrected chi connectivity index (χ3v) is 4.16. The van der Waals surface area contributed by atoms with Crippen LogP contribution < -0.4 is 10.5 Å². The molecule has 0 amide bonds. The van der Waals surface area contributed by atoms with Crippen LogP contribution in [-0.2, 0) is 15.8 Å². The van der Waals surface area contributed by atoms with E-state index in [1.807, 2.05) is 43.3 Å². The molecule has 0 aliphatic heterocycles. The summed E-state index contributed by atoms with van der Waals surface area (Å²) in [6.07, 6.45) is 0. The highest BCUT2D eigenvalue weighted by Crippen LogP contribution is 2.25. The first-order valence-corrected chi connectivity index (χ1v) is 8.55. The maximum Gasteiger partial charge on any atom is 0.213 e. The largest absolute Gasteiger partial charge is 0.378 e. The van der Waals surface area contributed by atoms with Crippen molar-refractivity contribution in [2.45, 2.75) is 18.7 Å². The SMILES string of the molecule is CC(Nc1ccc(CS(N)(=O)=O)cc1)c1ccccc1Cl. The quantitative estimate of drug-likeness (QED) is 0.886. The summed E-state index contributed by atoms with van der Waals surface area (Å²) in [5.41, 5.74) is 2.56. The van der Waals surface area contributed by atoms with Gasteiger partial charge in [-0.05, 0) is 36.2 Å². The summed E-state index contributed by atoms with van der Waals surface area (Å²) in [6, 6.07) is 14.8. The number of anilines is 1. The van der Waals surface area contributed by atoms with Crippen LogP contribution in [0, 0.1) is 0 Å². The fourth-order valence-corrected chi connectivity index (χ4v) is 3.04. The molecule has 0 spiro atoms. The smallest absolute Gasteiger partial charge is 0.213 e. The third kappa shape index (κ3) is 4.74. The number of hydrogen-bond acceptors (Lipinski definition) is 3. The first-order chi connectivity index (χ1) is 9.85. The van der Waals surface area contributed by atoms with Crippen LogP contribution in [0.5, 0.6) is 0 Å². The van der Waals surface area contributed by atoms with E-state index in [1.165, 1.54) is 0 Å². The maximum absolute atomic E-state index is 11.0. The van der Waals surface area contributed by atoms with Crippen molar-refractivity contribution < 1.29 is 8.42 Å². The zero-order chi connectivity index (χ0) is 15.5. The van der Waals surface area contributed by atoms with Gasteiger partial charge in [0.25, 0.3) is 0 Å². The molecule has 0 aliphatic carbocycles. The summed E-state index contributed by atoms with van der Waals surface area (Å²) >= 11 is 6.16. The summed E-state index contributed by atoms with van der Waals surface area (Å²) in [7, 11) is -3.50. The Balaban J connectivity index is 2.08. The molecule has 0 aliphatic rings. The minimum atomic E-state index is -3.50. The molecule has 2 aromatic carbocycles. The van der Waals surface area contributed by atoms with Crippen LogP contribution in [0.1, 0.15) is 24.1 Å². The van der Waals surface area contributed by atoms with Crippen molar-refractivity contribution in [1.29, 1.82) is 0 Å². The lowest BCUT2D eigenvalue weighted by molar-refractivity contribution is 0.597. The van der Waals surface area contributed by atoms with E-state index >= 15 is 0 Å². The Morgan fingerprint density at radius 3 is 2.33 bits per heavy atom. The van der Waals surface area contributed by atoms with Crippen LogP contribution in [0.2, 0.25) is 5.02 Å². The highest BCUT2D eigenvalue weighted by Gasteiger charge is 2.09. The minimum Gasteiger partial charge on any atom is -0.378 e. The number of nitrogens with two attached hydrogens (primary N) is 1. The molecule has 3 N–H and O–H groups in total. The van der Waals surface area contributed by atoms with E-state index in [0.717, 1.165) is 11.3 Å². The van der Waals surface area contributed by atoms with Crippen molar-refractivity contribution in [3.8, 4) is 0 Å². The number of sulfonamides is 1. The van der Waals surface area contributed by atoms with E-state index in [-0.39, 0.29) is 11.8 Å². The van der Waals surface area contributed by atoms with Crippen LogP contribution in [0.25, 0.3) is 0 Å². The molecule has 0 saturated heterocycles. The van der Waals surface area contributed by atoms with E-state index in [0.29, 0.717) is 10.6 Å². The minimum absolute atomic E-state index is 0.0443. The van der Waals surface area contributed by atoms with Gasteiger partial charge in [-0.2, -0.15) is 0 Å². The Morgan fingerprint density at radius 1 is 1.14 bits per heavy atom. The van der Waals surface area contributed by atoms with Crippen LogP contribution in [0.3, 0.4) is 0 Å². The van der Waals surface area contributed by atoms with E-state index in [4.69, 9.17) is 16.7 Å². The topological polar surface area (TPSA) is 72.2 Å². The Bertz CT molecular complexity index is 715. The first kappa shape index (κ1) is 15.8. The van der Waals surface area contributed by atoms with Gasteiger partial charge in [0.05, 0.1) is 5.75 Å². The van der Waals surface area contributed by atoms with Gasteiger partial charge in [0, 0.05) is 16.8 Å². The van der Waals surface area contributed by atoms with Crippen molar-refractivity contribution in [2.75, 3.05) is 5.32 Å². The number of hydrogen-bond donors (Lipinski definition) is 2. The molecule has 4 nitrogen and oxygen atoms in total. The molecule has 0 saturated carbocycles.